The van der Waals surface area contributed by atoms with Gasteiger partial charge in [0.25, 0.3) is 0 Å². The molecule has 30 heavy (non-hydrogen) atoms. The van der Waals surface area contributed by atoms with E-state index in [1.165, 1.54) is 22.3 Å². The molecule has 1 aliphatic rings. The SMILES string of the molecule is CC(C)c1ccc2c(c1)C(=O)c1ccccc1C2c1ccc(-c2ccccc2)cc1. The second-order valence-electron chi connectivity index (χ2n) is 8.34. The van der Waals surface area contributed by atoms with Crippen LogP contribution in [0.4, 0.5) is 0 Å². The molecule has 1 aliphatic carbocycles. The lowest BCUT2D eigenvalue weighted by Gasteiger charge is -2.29. The Morgan fingerprint density at radius 3 is 2.00 bits per heavy atom. The Labute approximate surface area is 178 Å². The van der Waals surface area contributed by atoms with Gasteiger partial charge in [-0.05, 0) is 45.4 Å². The third-order valence-electron chi connectivity index (χ3n) is 6.17. The van der Waals surface area contributed by atoms with Crippen molar-refractivity contribution in [1.29, 1.82) is 0 Å². The summed E-state index contributed by atoms with van der Waals surface area (Å²) in [4.78, 5) is 13.3. The van der Waals surface area contributed by atoms with Gasteiger partial charge in [-0.25, -0.2) is 0 Å². The molecule has 0 saturated heterocycles. The molecule has 4 aromatic carbocycles. The van der Waals surface area contributed by atoms with Crippen molar-refractivity contribution in [1.82, 2.24) is 0 Å². The van der Waals surface area contributed by atoms with E-state index in [4.69, 9.17) is 0 Å². The van der Waals surface area contributed by atoms with Gasteiger partial charge in [0.15, 0.2) is 5.78 Å². The molecule has 0 saturated carbocycles. The molecule has 5 rings (SSSR count). The van der Waals surface area contributed by atoms with Gasteiger partial charge >= 0.3 is 0 Å². The molecule has 0 spiro atoms. The van der Waals surface area contributed by atoms with Crippen molar-refractivity contribution < 1.29 is 4.79 Å². The smallest absolute Gasteiger partial charge is 0.193 e. The van der Waals surface area contributed by atoms with Gasteiger partial charge in [-0.3, -0.25) is 4.79 Å². The lowest BCUT2D eigenvalue weighted by molar-refractivity contribution is 0.103. The lowest BCUT2D eigenvalue weighted by Crippen LogP contribution is -2.20. The summed E-state index contributed by atoms with van der Waals surface area (Å²) < 4.78 is 0. The van der Waals surface area contributed by atoms with Crippen molar-refractivity contribution in [3.05, 3.63) is 130 Å². The Kier molecular flexibility index (Phi) is 4.59. The summed E-state index contributed by atoms with van der Waals surface area (Å²) in [5, 5.41) is 0. The average Bonchev–Trinajstić information content (AvgIpc) is 2.80. The number of rotatable bonds is 3. The molecule has 1 unspecified atom stereocenters. The zero-order chi connectivity index (χ0) is 20.7. The van der Waals surface area contributed by atoms with Crippen molar-refractivity contribution in [2.24, 2.45) is 0 Å². The maximum absolute atomic E-state index is 13.3. The normalized spacial score (nSPS) is 15.0. The quantitative estimate of drug-likeness (QED) is 0.319. The minimum atomic E-state index is 0.0694. The topological polar surface area (TPSA) is 17.1 Å². The van der Waals surface area contributed by atoms with Crippen LogP contribution >= 0.6 is 0 Å². The summed E-state index contributed by atoms with van der Waals surface area (Å²) in [6.07, 6.45) is 0. The van der Waals surface area contributed by atoms with Gasteiger partial charge in [-0.2, -0.15) is 0 Å². The minimum Gasteiger partial charge on any atom is -0.289 e. The van der Waals surface area contributed by atoms with Crippen LogP contribution in [0.2, 0.25) is 0 Å². The molecule has 146 valence electrons. The molecule has 0 fully saturated rings. The Morgan fingerprint density at radius 1 is 0.633 bits per heavy atom. The van der Waals surface area contributed by atoms with Gasteiger partial charge in [0.05, 0.1) is 0 Å². The van der Waals surface area contributed by atoms with Crippen LogP contribution < -0.4 is 0 Å². The van der Waals surface area contributed by atoms with Gasteiger partial charge in [-0.1, -0.05) is 105 Å². The van der Waals surface area contributed by atoms with E-state index in [0.717, 1.165) is 22.3 Å². The summed E-state index contributed by atoms with van der Waals surface area (Å²) in [5.74, 6) is 0.601. The second-order valence-corrected chi connectivity index (χ2v) is 8.34. The van der Waals surface area contributed by atoms with E-state index < -0.39 is 0 Å². The molecule has 0 heterocycles. The van der Waals surface area contributed by atoms with E-state index >= 15 is 0 Å². The molecular weight excluding hydrogens is 364 g/mol. The van der Waals surface area contributed by atoms with Gasteiger partial charge in [0.2, 0.25) is 0 Å². The summed E-state index contributed by atoms with van der Waals surface area (Å²) in [6.45, 7) is 4.34. The van der Waals surface area contributed by atoms with Gasteiger partial charge < -0.3 is 0 Å². The standard InChI is InChI=1S/C29H24O/c1-19(2)23-16-17-25-27(18-23)29(30)26-11-7-6-10-24(26)28(25)22-14-12-21(13-15-22)20-8-4-3-5-9-20/h3-19,28H,1-2H3. The van der Waals surface area contributed by atoms with Gasteiger partial charge in [0.1, 0.15) is 0 Å². The van der Waals surface area contributed by atoms with E-state index in [9.17, 15) is 4.79 Å². The van der Waals surface area contributed by atoms with Crippen molar-refractivity contribution in [2.75, 3.05) is 0 Å². The first-order chi connectivity index (χ1) is 14.6. The van der Waals surface area contributed by atoms with Crippen molar-refractivity contribution in [3.8, 4) is 11.1 Å². The highest BCUT2D eigenvalue weighted by Gasteiger charge is 2.32. The molecule has 0 radical (unpaired) electrons. The highest BCUT2D eigenvalue weighted by molar-refractivity contribution is 6.13. The number of benzene rings is 4. The third kappa shape index (κ3) is 3.07. The summed E-state index contributed by atoms with van der Waals surface area (Å²) in [5.41, 5.74) is 8.71. The van der Waals surface area contributed by atoms with Crippen LogP contribution in [-0.4, -0.2) is 5.78 Å². The predicted molar refractivity (Wildman–Crippen MR) is 123 cm³/mol. The number of hydrogen-bond donors (Lipinski definition) is 0. The van der Waals surface area contributed by atoms with Crippen LogP contribution in [0.15, 0.2) is 97.1 Å². The zero-order valence-corrected chi connectivity index (χ0v) is 17.3. The van der Waals surface area contributed by atoms with Crippen LogP contribution in [-0.2, 0) is 0 Å². The van der Waals surface area contributed by atoms with Gasteiger partial charge in [-0.15, -0.1) is 0 Å². The van der Waals surface area contributed by atoms with E-state index in [1.54, 1.807) is 0 Å². The first-order valence-corrected chi connectivity index (χ1v) is 10.6. The molecule has 1 atom stereocenters. The Bertz CT molecular complexity index is 1220. The fraction of sp³-hybridized carbons (Fsp3) is 0.138. The minimum absolute atomic E-state index is 0.0694. The number of carbonyl (C=O) groups excluding carboxylic acids is 1. The maximum atomic E-state index is 13.3. The highest BCUT2D eigenvalue weighted by atomic mass is 16.1. The molecule has 0 N–H and O–H groups in total. The monoisotopic (exact) mass is 388 g/mol. The van der Waals surface area contributed by atoms with Crippen LogP contribution in [0.3, 0.4) is 0 Å². The van der Waals surface area contributed by atoms with Crippen LogP contribution in [0.1, 0.15) is 63.9 Å². The van der Waals surface area contributed by atoms with Crippen molar-refractivity contribution in [3.63, 3.8) is 0 Å². The van der Waals surface area contributed by atoms with Gasteiger partial charge in [0, 0.05) is 17.0 Å². The molecule has 0 amide bonds. The van der Waals surface area contributed by atoms with Crippen LogP contribution in [0, 0.1) is 0 Å². The van der Waals surface area contributed by atoms with Crippen LogP contribution in [0.5, 0.6) is 0 Å². The Morgan fingerprint density at radius 2 is 1.27 bits per heavy atom. The van der Waals surface area contributed by atoms with Crippen LogP contribution in [0.25, 0.3) is 11.1 Å². The maximum Gasteiger partial charge on any atom is 0.193 e. The summed E-state index contributed by atoms with van der Waals surface area (Å²) in [6, 6.07) is 33.7. The number of carbonyl (C=O) groups is 1. The van der Waals surface area contributed by atoms with E-state index in [0.29, 0.717) is 5.92 Å². The molecule has 0 aromatic heterocycles. The molecule has 0 aliphatic heterocycles. The first kappa shape index (κ1) is 18.6. The van der Waals surface area contributed by atoms with Crippen molar-refractivity contribution >= 4 is 5.78 Å². The third-order valence-corrected chi connectivity index (χ3v) is 6.17. The Hall–Kier alpha value is -3.45. The van der Waals surface area contributed by atoms with E-state index in [1.807, 2.05) is 24.3 Å². The lowest BCUT2D eigenvalue weighted by atomic mass is 9.73. The second kappa shape index (κ2) is 7.42. The highest BCUT2D eigenvalue weighted by Crippen LogP contribution is 2.42. The molecular formula is C29H24O. The number of fused-ring (bicyclic) bond motifs is 2. The number of hydrogen-bond acceptors (Lipinski definition) is 1. The summed E-state index contributed by atoms with van der Waals surface area (Å²) in [7, 11) is 0. The molecule has 1 heteroatoms. The molecule has 4 aromatic rings. The Balaban J connectivity index is 1.65. The fourth-order valence-electron chi connectivity index (χ4n) is 4.51. The number of ketones is 1. The fourth-order valence-corrected chi connectivity index (χ4v) is 4.51. The first-order valence-electron chi connectivity index (χ1n) is 10.6. The van der Waals surface area contributed by atoms with E-state index in [-0.39, 0.29) is 11.7 Å². The molecule has 0 bridgehead atoms. The zero-order valence-electron chi connectivity index (χ0n) is 17.3. The summed E-state index contributed by atoms with van der Waals surface area (Å²) >= 11 is 0. The van der Waals surface area contributed by atoms with Crippen molar-refractivity contribution in [2.45, 2.75) is 25.7 Å². The predicted octanol–water partition coefficient (Wildman–Crippen LogP) is 7.20. The van der Waals surface area contributed by atoms with E-state index in [2.05, 4.69) is 86.6 Å². The average molecular weight is 389 g/mol. The largest absolute Gasteiger partial charge is 0.289 e. The molecule has 1 nitrogen and oxygen atoms in total.